The fourth-order valence-corrected chi connectivity index (χ4v) is 0. The predicted molar refractivity (Wildman–Crippen MR) is 47.0 cm³/mol. The van der Waals surface area contributed by atoms with Gasteiger partial charge in [-0.2, -0.15) is 25.3 Å². The normalized spacial score (nSPS) is 11.2. The van der Waals surface area contributed by atoms with Crippen LogP contribution in [0.5, 0.6) is 0 Å². The zero-order chi connectivity index (χ0) is 8.57. The van der Waals surface area contributed by atoms with E-state index in [0.29, 0.717) is 5.75 Å². The van der Waals surface area contributed by atoms with Crippen LogP contribution in [0, 0.1) is 0 Å². The van der Waals surface area contributed by atoms with Gasteiger partial charge in [0.05, 0.1) is 11.9 Å². The summed E-state index contributed by atoms with van der Waals surface area (Å²) >= 11 is 7.26. The van der Waals surface area contributed by atoms with E-state index in [-0.39, 0.29) is 6.61 Å². The first-order chi connectivity index (χ1) is 4.56. The van der Waals surface area contributed by atoms with Crippen LogP contribution in [0.3, 0.4) is 0 Å². The van der Waals surface area contributed by atoms with E-state index >= 15 is 0 Å². The Morgan fingerprint density at radius 1 is 1.70 bits per heavy atom. The first-order valence-corrected chi connectivity index (χ1v) is 3.83. The largest absolute Gasteiger partial charge is 0.480 e. The van der Waals surface area contributed by atoms with E-state index in [1.165, 1.54) is 6.92 Å². The summed E-state index contributed by atoms with van der Waals surface area (Å²) in [6.07, 6.45) is 0. The van der Waals surface area contributed by atoms with Crippen molar-refractivity contribution in [3.63, 3.8) is 0 Å². The third-order valence-electron chi connectivity index (χ3n) is 0.457. The van der Waals surface area contributed by atoms with Crippen molar-refractivity contribution in [1.29, 1.82) is 0 Å². The number of aliphatic hydroxyl groups excluding tert-OH is 1. The number of hydrogen-bond donors (Lipinski definition) is 4. The van der Waals surface area contributed by atoms with Crippen molar-refractivity contribution in [2.24, 2.45) is 0 Å². The first-order valence-electron chi connectivity index (χ1n) is 2.68. The summed E-state index contributed by atoms with van der Waals surface area (Å²) in [7, 11) is 0. The second-order valence-electron chi connectivity index (χ2n) is 1.46. The van der Waals surface area contributed by atoms with Crippen molar-refractivity contribution in [3.8, 4) is 0 Å². The Kier molecular flexibility index (Phi) is 11.7. The Morgan fingerprint density at radius 2 is 1.90 bits per heavy atom. The summed E-state index contributed by atoms with van der Waals surface area (Å²) in [6.45, 7) is 1.69. The molecule has 0 bridgehead atoms. The smallest absolute Gasteiger partial charge is 0.316 e. The molecule has 1 atom stereocenters. The number of thiol groups is 2. The van der Waals surface area contributed by atoms with Crippen LogP contribution >= 0.6 is 25.3 Å². The van der Waals surface area contributed by atoms with Gasteiger partial charge in [0.25, 0.3) is 0 Å². The molecule has 0 aliphatic heterocycles. The van der Waals surface area contributed by atoms with Gasteiger partial charge in [0.15, 0.2) is 0 Å². The molecule has 5 heteroatoms. The van der Waals surface area contributed by atoms with Crippen LogP contribution in [0.1, 0.15) is 6.92 Å². The highest BCUT2D eigenvalue weighted by atomic mass is 32.1. The van der Waals surface area contributed by atoms with Crippen LogP contribution in [-0.4, -0.2) is 33.8 Å². The van der Waals surface area contributed by atoms with Crippen LogP contribution < -0.4 is 0 Å². The van der Waals surface area contributed by atoms with Gasteiger partial charge in [0, 0.05) is 5.75 Å². The molecule has 0 amide bonds. The molecule has 2 N–H and O–H groups in total. The lowest BCUT2D eigenvalue weighted by atomic mass is 10.5. The number of rotatable bonds is 2. The minimum Gasteiger partial charge on any atom is -0.480 e. The number of carboxylic acid groups (broad SMARTS) is 1. The maximum atomic E-state index is 9.62. The van der Waals surface area contributed by atoms with Gasteiger partial charge in [-0.3, -0.25) is 4.79 Å². The molecule has 0 aliphatic carbocycles. The molecule has 0 rings (SSSR count). The summed E-state index contributed by atoms with van der Waals surface area (Å²) in [4.78, 5) is 9.62. The van der Waals surface area contributed by atoms with Gasteiger partial charge in [-0.05, 0) is 6.92 Å². The molecule has 0 radical (unpaired) electrons. The molecule has 0 saturated carbocycles. The molecular weight excluding hydrogens is 172 g/mol. The van der Waals surface area contributed by atoms with Crippen molar-refractivity contribution < 1.29 is 15.0 Å². The number of hydrogen-bond acceptors (Lipinski definition) is 4. The van der Waals surface area contributed by atoms with Gasteiger partial charge < -0.3 is 10.2 Å². The second-order valence-corrected chi connectivity index (χ2v) is 2.68. The number of carbonyl (C=O) groups is 1. The molecule has 0 aromatic rings. The highest BCUT2D eigenvalue weighted by molar-refractivity contribution is 7.81. The molecule has 10 heavy (non-hydrogen) atoms. The van der Waals surface area contributed by atoms with Crippen LogP contribution in [-0.2, 0) is 4.79 Å². The molecule has 3 nitrogen and oxygen atoms in total. The lowest BCUT2D eigenvalue weighted by molar-refractivity contribution is -0.136. The van der Waals surface area contributed by atoms with Crippen molar-refractivity contribution in [3.05, 3.63) is 0 Å². The van der Waals surface area contributed by atoms with Gasteiger partial charge >= 0.3 is 5.97 Å². The molecule has 0 saturated heterocycles. The molecule has 0 spiro atoms. The van der Waals surface area contributed by atoms with E-state index in [1.54, 1.807) is 0 Å². The minimum atomic E-state index is -0.877. The minimum absolute atomic E-state index is 0.184. The van der Waals surface area contributed by atoms with E-state index in [9.17, 15) is 4.79 Å². The Balaban J connectivity index is 0. The SMILES string of the molecule is CC(S)C(=O)O.OCCS. The molecule has 0 aromatic carbocycles. The Hall–Kier alpha value is 0.130. The van der Waals surface area contributed by atoms with E-state index in [2.05, 4.69) is 25.3 Å². The monoisotopic (exact) mass is 184 g/mol. The fraction of sp³-hybridized carbons (Fsp3) is 0.800. The van der Waals surface area contributed by atoms with Crippen LogP contribution in [0.2, 0.25) is 0 Å². The van der Waals surface area contributed by atoms with Crippen molar-refractivity contribution in [2.75, 3.05) is 12.4 Å². The summed E-state index contributed by atoms with van der Waals surface area (Å²) in [5.74, 6) is -0.307. The van der Waals surface area contributed by atoms with E-state index in [4.69, 9.17) is 10.2 Å². The number of carboxylic acids is 1. The van der Waals surface area contributed by atoms with E-state index in [0.717, 1.165) is 0 Å². The lowest BCUT2D eigenvalue weighted by Crippen LogP contribution is -2.06. The van der Waals surface area contributed by atoms with Crippen molar-refractivity contribution >= 4 is 31.2 Å². The van der Waals surface area contributed by atoms with Crippen LogP contribution in [0.25, 0.3) is 0 Å². The maximum Gasteiger partial charge on any atom is 0.316 e. The highest BCUT2D eigenvalue weighted by Gasteiger charge is 2.00. The van der Waals surface area contributed by atoms with Gasteiger partial charge in [-0.15, -0.1) is 0 Å². The average molecular weight is 184 g/mol. The summed E-state index contributed by atoms with van der Waals surface area (Å²) < 4.78 is 0. The third kappa shape index (κ3) is 15.7. The van der Waals surface area contributed by atoms with Gasteiger partial charge in [0.2, 0.25) is 0 Å². The van der Waals surface area contributed by atoms with Gasteiger partial charge in [0.1, 0.15) is 0 Å². The second kappa shape index (κ2) is 9.13. The van der Waals surface area contributed by atoms with E-state index in [1.807, 2.05) is 0 Å². The Morgan fingerprint density at radius 3 is 1.90 bits per heavy atom. The van der Waals surface area contributed by atoms with Crippen LogP contribution in [0.4, 0.5) is 0 Å². The lowest BCUT2D eigenvalue weighted by Gasteiger charge is -1.88. The molecule has 0 heterocycles. The Bertz CT molecular complexity index is 83.0. The molecular formula is C5H12O3S2. The Labute approximate surface area is 71.3 Å². The van der Waals surface area contributed by atoms with Gasteiger partial charge in [-0.1, -0.05) is 0 Å². The van der Waals surface area contributed by atoms with E-state index < -0.39 is 11.2 Å². The maximum absolute atomic E-state index is 9.62. The molecule has 62 valence electrons. The van der Waals surface area contributed by atoms with Crippen LogP contribution in [0.15, 0.2) is 0 Å². The number of aliphatic hydroxyl groups is 1. The summed E-state index contributed by atoms with van der Waals surface area (Å²) in [5.41, 5.74) is 0. The topological polar surface area (TPSA) is 57.5 Å². The highest BCUT2D eigenvalue weighted by Crippen LogP contribution is 1.88. The quantitative estimate of drug-likeness (QED) is 0.467. The predicted octanol–water partition coefficient (Wildman–Crippen LogP) is 0.298. The average Bonchev–Trinajstić information content (AvgIpc) is 1.89. The molecule has 0 fully saturated rings. The zero-order valence-corrected chi connectivity index (χ0v) is 7.48. The molecule has 0 aliphatic rings. The molecule has 1 unspecified atom stereocenters. The van der Waals surface area contributed by atoms with Crippen molar-refractivity contribution in [1.82, 2.24) is 0 Å². The van der Waals surface area contributed by atoms with Gasteiger partial charge in [-0.25, -0.2) is 0 Å². The summed E-state index contributed by atoms with van der Waals surface area (Å²) in [5, 5.41) is 15.2. The van der Waals surface area contributed by atoms with Crippen molar-refractivity contribution in [2.45, 2.75) is 12.2 Å². The number of aliphatic carboxylic acids is 1. The molecule has 0 aromatic heterocycles. The standard InChI is InChI=1S/C3H6O2S.C2H6OS/c1-2(6)3(4)5;3-1-2-4/h2,6H,1H3,(H,4,5);3-4H,1-2H2. The fourth-order valence-electron chi connectivity index (χ4n) is 0. The first kappa shape index (κ1) is 12.8. The zero-order valence-electron chi connectivity index (χ0n) is 5.69. The third-order valence-corrected chi connectivity index (χ3v) is 0.878. The summed E-state index contributed by atoms with van der Waals surface area (Å²) in [6, 6.07) is 0.